The quantitative estimate of drug-likeness (QED) is 0.361. The minimum atomic E-state index is -0.860. The Labute approximate surface area is 181 Å². The van der Waals surface area contributed by atoms with Crippen molar-refractivity contribution in [3.8, 4) is 0 Å². The van der Waals surface area contributed by atoms with E-state index in [2.05, 4.69) is 15.5 Å². The van der Waals surface area contributed by atoms with Crippen LogP contribution in [0.5, 0.6) is 0 Å². The van der Waals surface area contributed by atoms with Crippen LogP contribution in [0.15, 0.2) is 83.7 Å². The van der Waals surface area contributed by atoms with Gasteiger partial charge in [0.05, 0.1) is 11.1 Å². The highest BCUT2D eigenvalue weighted by Crippen LogP contribution is 2.19. The molecule has 3 aromatic carbocycles. The first-order chi connectivity index (χ1) is 15.5. The average molecular weight is 427 g/mol. The Morgan fingerprint density at radius 1 is 0.844 bits per heavy atom. The summed E-state index contributed by atoms with van der Waals surface area (Å²) < 4.78 is 5.07. The van der Waals surface area contributed by atoms with Gasteiger partial charge in [0, 0.05) is 16.5 Å². The smallest absolute Gasteiger partial charge is 0.359 e. The largest absolute Gasteiger partial charge is 0.451 e. The van der Waals surface area contributed by atoms with E-state index in [-0.39, 0.29) is 16.9 Å². The molecule has 2 N–H and O–H groups in total. The fraction of sp³-hybridized carbons (Fsp3) is 0.0417. The van der Waals surface area contributed by atoms with E-state index in [9.17, 15) is 19.2 Å². The molecule has 0 bridgehead atoms. The number of anilines is 1. The van der Waals surface area contributed by atoms with Crippen LogP contribution in [0.4, 0.5) is 5.69 Å². The molecule has 0 fully saturated rings. The number of benzene rings is 3. The molecule has 0 atom stereocenters. The van der Waals surface area contributed by atoms with Crippen molar-refractivity contribution in [1.29, 1.82) is 0 Å². The van der Waals surface area contributed by atoms with Gasteiger partial charge >= 0.3 is 5.97 Å². The number of para-hydroxylation sites is 1. The van der Waals surface area contributed by atoms with Crippen LogP contribution in [-0.4, -0.2) is 34.5 Å². The third-order valence-corrected chi connectivity index (χ3v) is 4.71. The minimum absolute atomic E-state index is 0.104. The number of rotatable bonds is 6. The lowest BCUT2D eigenvalue weighted by atomic mass is 10.0. The normalized spacial score (nSPS) is 10.5. The Morgan fingerprint density at radius 2 is 1.50 bits per heavy atom. The highest BCUT2D eigenvalue weighted by Gasteiger charge is 2.18. The summed E-state index contributed by atoms with van der Waals surface area (Å²) in [6, 6.07) is 21.7. The van der Waals surface area contributed by atoms with E-state index in [1.54, 1.807) is 78.9 Å². The van der Waals surface area contributed by atoms with E-state index in [1.807, 2.05) is 0 Å². The van der Waals surface area contributed by atoms with Gasteiger partial charge in [-0.1, -0.05) is 60.7 Å². The molecule has 0 radical (unpaired) electrons. The first-order valence-corrected chi connectivity index (χ1v) is 9.68. The van der Waals surface area contributed by atoms with E-state index in [4.69, 9.17) is 4.74 Å². The number of nitrogens with one attached hydrogen (secondary N) is 2. The maximum atomic E-state index is 12.8. The number of hydrogen-bond acceptors (Lipinski definition) is 6. The molecule has 0 unspecified atom stereocenters. The number of aromatic nitrogens is 2. The van der Waals surface area contributed by atoms with Crippen LogP contribution in [0.1, 0.15) is 26.4 Å². The number of ether oxygens (including phenoxy) is 1. The standard InChI is InChI=1S/C24H17N3O5/c28-20(14-32-24(31)21-16-10-4-5-11-17(16)23(30)27-26-21)25-19-13-7-6-12-18(19)22(29)15-8-2-1-3-9-15/h1-13H,14H2,(H,25,28)(H,27,30). The number of fused-ring (bicyclic) bond motifs is 1. The van der Waals surface area contributed by atoms with Gasteiger partial charge in [-0.3, -0.25) is 14.4 Å². The third kappa shape index (κ3) is 4.29. The van der Waals surface area contributed by atoms with Crippen LogP contribution in [0.2, 0.25) is 0 Å². The molecule has 4 aromatic rings. The maximum absolute atomic E-state index is 12.8. The molecule has 4 rings (SSSR count). The Kier molecular flexibility index (Phi) is 5.85. The van der Waals surface area contributed by atoms with Crippen LogP contribution in [-0.2, 0) is 9.53 Å². The maximum Gasteiger partial charge on any atom is 0.359 e. The fourth-order valence-electron chi connectivity index (χ4n) is 3.19. The molecule has 0 saturated heterocycles. The number of ketones is 1. The molecule has 0 saturated carbocycles. The summed E-state index contributed by atoms with van der Waals surface area (Å²) in [7, 11) is 0. The second-order valence-electron chi connectivity index (χ2n) is 6.81. The van der Waals surface area contributed by atoms with Crippen molar-refractivity contribution in [3.05, 3.63) is 106 Å². The lowest BCUT2D eigenvalue weighted by Crippen LogP contribution is -2.23. The molecule has 32 heavy (non-hydrogen) atoms. The number of esters is 1. The van der Waals surface area contributed by atoms with Crippen molar-refractivity contribution in [2.45, 2.75) is 0 Å². The molecule has 0 aliphatic carbocycles. The summed E-state index contributed by atoms with van der Waals surface area (Å²) in [5.74, 6) is -1.73. The van der Waals surface area contributed by atoms with Crippen molar-refractivity contribution in [2.75, 3.05) is 11.9 Å². The predicted molar refractivity (Wildman–Crippen MR) is 118 cm³/mol. The van der Waals surface area contributed by atoms with E-state index in [0.29, 0.717) is 22.2 Å². The van der Waals surface area contributed by atoms with E-state index >= 15 is 0 Å². The zero-order valence-electron chi connectivity index (χ0n) is 16.7. The lowest BCUT2D eigenvalue weighted by molar-refractivity contribution is -0.119. The van der Waals surface area contributed by atoms with Gasteiger partial charge in [-0.15, -0.1) is 0 Å². The number of hydrogen-bond donors (Lipinski definition) is 2. The molecule has 0 aliphatic heterocycles. The molecule has 158 valence electrons. The van der Waals surface area contributed by atoms with Crippen molar-refractivity contribution >= 4 is 34.1 Å². The SMILES string of the molecule is O=C(COC(=O)c1n[nH]c(=O)c2ccccc12)Nc1ccccc1C(=O)c1ccccc1. The molecule has 0 spiro atoms. The van der Waals surface area contributed by atoms with Crippen LogP contribution in [0, 0.1) is 0 Å². The van der Waals surface area contributed by atoms with Gasteiger partial charge in [-0.2, -0.15) is 5.10 Å². The summed E-state index contributed by atoms with van der Waals surface area (Å²) in [5.41, 5.74) is 0.556. The molecule has 8 heteroatoms. The van der Waals surface area contributed by atoms with Crippen molar-refractivity contribution < 1.29 is 19.1 Å². The number of aromatic amines is 1. The van der Waals surface area contributed by atoms with Gasteiger partial charge in [-0.25, -0.2) is 9.89 Å². The second kappa shape index (κ2) is 9.05. The summed E-state index contributed by atoms with van der Waals surface area (Å²) in [4.78, 5) is 49.5. The van der Waals surface area contributed by atoms with Crippen LogP contribution >= 0.6 is 0 Å². The van der Waals surface area contributed by atoms with Gasteiger partial charge in [-0.05, 0) is 18.2 Å². The highest BCUT2D eigenvalue weighted by atomic mass is 16.5. The molecular weight excluding hydrogens is 410 g/mol. The van der Waals surface area contributed by atoms with Crippen LogP contribution in [0.25, 0.3) is 10.8 Å². The predicted octanol–water partition coefficient (Wildman–Crippen LogP) is 2.95. The van der Waals surface area contributed by atoms with Crippen molar-refractivity contribution in [2.24, 2.45) is 0 Å². The van der Waals surface area contributed by atoms with Gasteiger partial charge < -0.3 is 10.1 Å². The lowest BCUT2D eigenvalue weighted by Gasteiger charge is -2.11. The summed E-state index contributed by atoms with van der Waals surface area (Å²) in [6.45, 7) is -0.595. The van der Waals surface area contributed by atoms with Gasteiger partial charge in [0.25, 0.3) is 11.5 Å². The molecule has 0 aliphatic rings. The molecular formula is C24H17N3O5. The van der Waals surface area contributed by atoms with E-state index < -0.39 is 24.0 Å². The molecule has 1 amide bonds. The topological polar surface area (TPSA) is 118 Å². The summed E-state index contributed by atoms with van der Waals surface area (Å²) in [5, 5.41) is 9.20. The van der Waals surface area contributed by atoms with Gasteiger partial charge in [0.2, 0.25) is 0 Å². The zero-order chi connectivity index (χ0) is 22.5. The Balaban J connectivity index is 1.47. The average Bonchev–Trinajstić information content (AvgIpc) is 2.83. The number of H-pyrrole nitrogens is 1. The van der Waals surface area contributed by atoms with Gasteiger partial charge in [0.15, 0.2) is 18.1 Å². The minimum Gasteiger partial charge on any atom is -0.451 e. The van der Waals surface area contributed by atoms with E-state index in [1.165, 1.54) is 0 Å². The third-order valence-electron chi connectivity index (χ3n) is 4.71. The second-order valence-corrected chi connectivity index (χ2v) is 6.81. The van der Waals surface area contributed by atoms with Crippen molar-refractivity contribution in [1.82, 2.24) is 10.2 Å². The van der Waals surface area contributed by atoms with Crippen LogP contribution < -0.4 is 10.9 Å². The molecule has 1 aromatic heterocycles. The zero-order valence-corrected chi connectivity index (χ0v) is 16.7. The molecule has 1 heterocycles. The van der Waals surface area contributed by atoms with E-state index in [0.717, 1.165) is 0 Å². The number of amides is 1. The summed E-state index contributed by atoms with van der Waals surface area (Å²) >= 11 is 0. The fourth-order valence-corrected chi connectivity index (χ4v) is 3.19. The molecule has 8 nitrogen and oxygen atoms in total. The Morgan fingerprint density at radius 3 is 2.28 bits per heavy atom. The Hall–Kier alpha value is -4.59. The van der Waals surface area contributed by atoms with Gasteiger partial charge in [0.1, 0.15) is 0 Å². The Bertz CT molecular complexity index is 1380. The first-order valence-electron chi connectivity index (χ1n) is 9.68. The highest BCUT2D eigenvalue weighted by molar-refractivity contribution is 6.14. The van der Waals surface area contributed by atoms with Crippen LogP contribution in [0.3, 0.4) is 0 Å². The van der Waals surface area contributed by atoms with Crippen molar-refractivity contribution in [3.63, 3.8) is 0 Å². The number of nitrogens with zero attached hydrogens (tertiary/aromatic N) is 1. The monoisotopic (exact) mass is 427 g/mol. The number of carbonyl (C=O) groups excluding carboxylic acids is 3. The number of carbonyl (C=O) groups is 3. The first kappa shape index (κ1) is 20.7. The summed E-state index contributed by atoms with van der Waals surface area (Å²) in [6.07, 6.45) is 0.